The zero-order chi connectivity index (χ0) is 52.4. The smallest absolute Gasteiger partial charge is 0.338 e. The molecular formula is C39H73N15O14+2. The lowest BCUT2D eigenvalue weighted by molar-refractivity contribution is -0.460. The number of nitrogens with one attached hydrogen (secondary N) is 9. The highest BCUT2D eigenvalue weighted by Crippen LogP contribution is 2.09. The normalized spacial score (nSPS) is 15.4. The van der Waals surface area contributed by atoms with Crippen LogP contribution in [0.2, 0.25) is 0 Å². The number of aliphatic hydroxyl groups is 2. The largest absolute Gasteiger partial charge is 0.481 e. The first-order valence-electron chi connectivity index (χ1n) is 21.8. The Bertz CT molecular complexity index is 1810. The Labute approximate surface area is 392 Å². The molecule has 0 aliphatic carbocycles. The van der Waals surface area contributed by atoms with Crippen LogP contribution < -0.4 is 81.6 Å². The van der Waals surface area contributed by atoms with E-state index < -0.39 is 145 Å². The number of carboxylic acid groups (broad SMARTS) is 2. The van der Waals surface area contributed by atoms with E-state index in [0.717, 1.165) is 6.92 Å². The summed E-state index contributed by atoms with van der Waals surface area (Å²) >= 11 is 0. The Hall–Kier alpha value is -6.88. The van der Waals surface area contributed by atoms with Crippen molar-refractivity contribution in [3.05, 3.63) is 0 Å². The van der Waals surface area contributed by atoms with Gasteiger partial charge in [-0.05, 0) is 71.6 Å². The molecule has 0 saturated carbocycles. The van der Waals surface area contributed by atoms with E-state index in [1.165, 1.54) is 13.8 Å². The number of amides is 8. The summed E-state index contributed by atoms with van der Waals surface area (Å²) < 4.78 is 0. The minimum absolute atomic E-state index is 0.00105. The topological polar surface area (TPSA) is 520 Å². The van der Waals surface area contributed by atoms with Gasteiger partial charge in [0.25, 0.3) is 0 Å². The fraction of sp³-hybridized carbons (Fsp3) is 0.692. The van der Waals surface area contributed by atoms with E-state index in [0.29, 0.717) is 13.0 Å². The summed E-state index contributed by atoms with van der Waals surface area (Å²) in [7, 11) is 0. The molecule has 68 heavy (non-hydrogen) atoms. The number of aliphatic carboxylic acids is 2. The van der Waals surface area contributed by atoms with Crippen LogP contribution in [0.5, 0.6) is 0 Å². The minimum Gasteiger partial charge on any atom is -0.481 e. The van der Waals surface area contributed by atoms with Crippen molar-refractivity contribution in [3.63, 3.8) is 0 Å². The Kier molecular flexibility index (Phi) is 28.0. The lowest BCUT2D eigenvalue weighted by Crippen LogP contribution is -2.78. The number of aliphatic hydroxyl groups excluding tert-OH is 2. The van der Waals surface area contributed by atoms with Crippen molar-refractivity contribution in [2.45, 2.75) is 153 Å². The maximum absolute atomic E-state index is 13.8. The second kappa shape index (κ2) is 31.2. The second-order valence-electron chi connectivity index (χ2n) is 16.5. The van der Waals surface area contributed by atoms with Gasteiger partial charge in [0, 0.05) is 12.8 Å². The fourth-order valence-corrected chi connectivity index (χ4v) is 6.07. The van der Waals surface area contributed by atoms with E-state index in [-0.39, 0.29) is 50.1 Å². The van der Waals surface area contributed by atoms with Gasteiger partial charge in [-0.3, -0.25) is 76.1 Å². The third-order valence-corrected chi connectivity index (χ3v) is 9.78. The van der Waals surface area contributed by atoms with Gasteiger partial charge in [-0.15, -0.1) is 0 Å². The first kappa shape index (κ1) is 61.1. The summed E-state index contributed by atoms with van der Waals surface area (Å²) in [5, 5.41) is 56.1. The highest BCUT2D eigenvalue weighted by Gasteiger charge is 2.36. The minimum atomic E-state index is -1.89. The average Bonchev–Trinajstić information content (AvgIpc) is 3.22. The number of carbonyl (C=O) groups is 10. The Morgan fingerprint density at radius 2 is 0.882 bits per heavy atom. The number of guanidine groups is 2. The molecule has 0 aliphatic heterocycles. The zero-order valence-electron chi connectivity index (χ0n) is 39.0. The fourth-order valence-electron chi connectivity index (χ4n) is 6.07. The summed E-state index contributed by atoms with van der Waals surface area (Å²) in [5.41, 5.74) is 32.7. The van der Waals surface area contributed by atoms with Crippen molar-refractivity contribution in [2.75, 3.05) is 13.1 Å². The van der Waals surface area contributed by atoms with Crippen LogP contribution in [-0.2, 0) is 47.9 Å². The molecule has 0 fully saturated rings. The SMILES string of the molecule is CC(C)C[C@H](NC(=O)[C@H](CCC(N)=O)NC(=O)[C@@H](NC(=O)[C@H](CCC(=O)O)NC(=O)[C@H](CCC[NH+]=C(N)N)NC(=O)[C@H](C)NC(=O)[C@@H](NC(=O)[C@@H](N)CCC[NH+]=C(N)N)[C@@H](C)O)[C@@H](C)O)C(=O)O. The number of nitrogens with two attached hydrogens (primary N) is 6. The van der Waals surface area contributed by atoms with Crippen LogP contribution in [-0.4, -0.2) is 165 Å². The molecule has 0 heterocycles. The van der Waals surface area contributed by atoms with Crippen molar-refractivity contribution in [3.8, 4) is 0 Å². The van der Waals surface area contributed by atoms with Crippen LogP contribution >= 0.6 is 0 Å². The van der Waals surface area contributed by atoms with Crippen molar-refractivity contribution < 1.29 is 78.4 Å². The van der Waals surface area contributed by atoms with Crippen LogP contribution in [0.1, 0.15) is 92.4 Å². The average molecular weight is 976 g/mol. The molecule has 25 N–H and O–H groups in total. The molecule has 0 aromatic heterocycles. The van der Waals surface area contributed by atoms with E-state index in [1.54, 1.807) is 13.8 Å². The van der Waals surface area contributed by atoms with E-state index in [2.05, 4.69) is 47.2 Å². The molecule has 0 spiro atoms. The summed E-state index contributed by atoms with van der Waals surface area (Å²) in [4.78, 5) is 134. The standard InChI is InChI=1S/C39H71N15O14/c1-17(2)16-25(37(67)68)52-33(63)23(10-12-26(41)57)51-36(66)29(20(5)56)54-34(64)24(11-13-27(58)59)50-32(62)22(9-7-15-47-39(44)45)49-30(60)18(3)48-35(65)28(19(4)55)53-31(61)21(40)8-6-14-46-38(42)43/h17-25,28-29,55-56H,6-16,40H2,1-5H3,(H2,41,57)(H,48,65)(H,49,60)(H,50,62)(H,51,66)(H,52,63)(H,53,61)(H,54,64)(H,58,59)(H,67,68)(H4,42,43,46)(H4,44,45,47)/p+2/t18-,19+,20+,21-,22-,23-,24-,25-,28-,29-/m0/s1. The van der Waals surface area contributed by atoms with Crippen LogP contribution in [0.25, 0.3) is 0 Å². The van der Waals surface area contributed by atoms with Crippen molar-refractivity contribution in [2.24, 2.45) is 40.3 Å². The third kappa shape index (κ3) is 25.1. The molecule has 0 radical (unpaired) electrons. The highest BCUT2D eigenvalue weighted by molar-refractivity contribution is 5.98. The summed E-state index contributed by atoms with van der Waals surface area (Å²) in [6.07, 6.45) is -4.98. The monoisotopic (exact) mass is 976 g/mol. The maximum Gasteiger partial charge on any atom is 0.338 e. The molecular weight excluding hydrogens is 903 g/mol. The highest BCUT2D eigenvalue weighted by atomic mass is 16.4. The van der Waals surface area contributed by atoms with Gasteiger partial charge in [0.2, 0.25) is 47.3 Å². The van der Waals surface area contributed by atoms with Crippen molar-refractivity contribution in [1.29, 1.82) is 0 Å². The van der Waals surface area contributed by atoms with E-state index in [9.17, 15) is 68.4 Å². The van der Waals surface area contributed by atoms with Crippen LogP contribution in [0.4, 0.5) is 0 Å². The van der Waals surface area contributed by atoms with Gasteiger partial charge in [0.05, 0.1) is 31.3 Å². The van der Waals surface area contributed by atoms with E-state index >= 15 is 0 Å². The Balaban J connectivity index is 6.42. The van der Waals surface area contributed by atoms with Crippen LogP contribution in [0, 0.1) is 5.92 Å². The number of carboxylic acids is 2. The number of primary amides is 1. The van der Waals surface area contributed by atoms with Gasteiger partial charge in [0.15, 0.2) is 0 Å². The Morgan fingerprint density at radius 3 is 1.32 bits per heavy atom. The molecule has 0 rings (SSSR count). The summed E-state index contributed by atoms with van der Waals surface area (Å²) in [6.45, 7) is 7.28. The predicted molar refractivity (Wildman–Crippen MR) is 240 cm³/mol. The first-order chi connectivity index (χ1) is 31.6. The van der Waals surface area contributed by atoms with Gasteiger partial charge in [-0.1, -0.05) is 13.8 Å². The van der Waals surface area contributed by atoms with Gasteiger partial charge in [0.1, 0.15) is 42.3 Å². The molecule has 0 saturated heterocycles. The quantitative estimate of drug-likeness (QED) is 0.0165. The molecule has 8 amide bonds. The van der Waals surface area contributed by atoms with Gasteiger partial charge < -0.3 is 69.1 Å². The molecule has 0 aromatic rings. The van der Waals surface area contributed by atoms with E-state index in [4.69, 9.17) is 34.4 Å². The van der Waals surface area contributed by atoms with Crippen LogP contribution in [0.15, 0.2) is 0 Å². The Morgan fingerprint density at radius 1 is 0.485 bits per heavy atom. The molecule has 0 bridgehead atoms. The van der Waals surface area contributed by atoms with Gasteiger partial charge in [-0.2, -0.15) is 0 Å². The first-order valence-corrected chi connectivity index (χ1v) is 21.8. The third-order valence-electron chi connectivity index (χ3n) is 9.78. The molecule has 0 aliphatic rings. The molecule has 0 unspecified atom stereocenters. The lowest BCUT2D eigenvalue weighted by atomic mass is 10.0. The number of carbonyl (C=O) groups excluding carboxylic acids is 8. The molecule has 10 atom stereocenters. The molecule has 386 valence electrons. The van der Waals surface area contributed by atoms with Gasteiger partial charge >= 0.3 is 23.9 Å². The second-order valence-corrected chi connectivity index (χ2v) is 16.5. The van der Waals surface area contributed by atoms with E-state index in [1.807, 2.05) is 0 Å². The number of rotatable bonds is 33. The molecule has 0 aromatic carbocycles. The predicted octanol–water partition coefficient (Wildman–Crippen LogP) is -11.0. The summed E-state index contributed by atoms with van der Waals surface area (Å²) in [6, 6.07) is -12.3. The maximum atomic E-state index is 13.8. The zero-order valence-corrected chi connectivity index (χ0v) is 39.0. The van der Waals surface area contributed by atoms with Crippen molar-refractivity contribution >= 4 is 71.1 Å². The number of hydrogen-bond acceptors (Lipinski definition) is 13. The van der Waals surface area contributed by atoms with Crippen molar-refractivity contribution in [1.82, 2.24) is 37.2 Å². The van der Waals surface area contributed by atoms with Crippen LogP contribution in [0.3, 0.4) is 0 Å². The molecule has 29 nitrogen and oxygen atoms in total. The lowest BCUT2D eigenvalue weighted by Gasteiger charge is -2.28. The number of hydrogen-bond donors (Lipinski definition) is 19. The molecule has 29 heteroatoms. The summed E-state index contributed by atoms with van der Waals surface area (Å²) in [5.74, 6) is -11.3. The van der Waals surface area contributed by atoms with Gasteiger partial charge in [-0.25, -0.2) is 4.79 Å².